The van der Waals surface area contributed by atoms with Crippen LogP contribution in [0.4, 0.5) is 0 Å². The topological polar surface area (TPSA) is 35.5 Å². The molecule has 0 aromatic rings. The minimum absolute atomic E-state index is 0.0830. The van der Waals surface area contributed by atoms with Crippen LogP contribution < -0.4 is 0 Å². The van der Waals surface area contributed by atoms with Crippen LogP contribution in [-0.2, 0) is 14.3 Å². The molecular formula is C12H22O3. The Morgan fingerprint density at radius 1 is 1.33 bits per heavy atom. The molecule has 0 N–H and O–H groups in total. The zero-order chi connectivity index (χ0) is 11.1. The van der Waals surface area contributed by atoms with E-state index in [-0.39, 0.29) is 12.1 Å². The van der Waals surface area contributed by atoms with Gasteiger partial charge in [0, 0.05) is 6.42 Å². The molecule has 0 aromatic heterocycles. The van der Waals surface area contributed by atoms with Gasteiger partial charge in [-0.15, -0.1) is 0 Å². The second-order valence-corrected chi connectivity index (χ2v) is 4.15. The molecule has 1 aliphatic rings. The minimum Gasteiger partial charge on any atom is -0.463 e. The number of rotatable bonds is 6. The zero-order valence-electron chi connectivity index (χ0n) is 9.83. The molecule has 3 nitrogen and oxygen atoms in total. The first-order chi connectivity index (χ1) is 7.26. The van der Waals surface area contributed by atoms with E-state index in [0.29, 0.717) is 19.1 Å². The van der Waals surface area contributed by atoms with Crippen molar-refractivity contribution in [3.63, 3.8) is 0 Å². The van der Waals surface area contributed by atoms with Crippen molar-refractivity contribution in [1.29, 1.82) is 0 Å². The van der Waals surface area contributed by atoms with E-state index in [1.165, 1.54) is 0 Å². The van der Waals surface area contributed by atoms with E-state index in [9.17, 15) is 4.79 Å². The molecule has 3 heteroatoms. The van der Waals surface area contributed by atoms with Crippen LogP contribution in [0.5, 0.6) is 0 Å². The molecule has 15 heavy (non-hydrogen) atoms. The number of carbonyl (C=O) groups is 1. The second kappa shape index (κ2) is 6.83. The molecule has 0 radical (unpaired) electrons. The minimum atomic E-state index is -0.0830. The summed E-state index contributed by atoms with van der Waals surface area (Å²) < 4.78 is 10.8. The van der Waals surface area contributed by atoms with E-state index in [0.717, 1.165) is 32.1 Å². The maximum absolute atomic E-state index is 11.2. The number of ether oxygens (including phenoxy) is 2. The summed E-state index contributed by atoms with van der Waals surface area (Å²) in [6.45, 7) is 4.64. The van der Waals surface area contributed by atoms with E-state index in [1.807, 2.05) is 0 Å². The monoisotopic (exact) mass is 214 g/mol. The zero-order valence-corrected chi connectivity index (χ0v) is 9.83. The fraction of sp³-hybridized carbons (Fsp3) is 0.917. The molecule has 2 atom stereocenters. The van der Waals surface area contributed by atoms with E-state index in [1.54, 1.807) is 0 Å². The summed E-state index contributed by atoms with van der Waals surface area (Å²) in [5, 5.41) is 0. The highest BCUT2D eigenvalue weighted by Gasteiger charge is 2.24. The van der Waals surface area contributed by atoms with E-state index < -0.39 is 0 Å². The molecule has 0 bridgehead atoms. The van der Waals surface area contributed by atoms with Crippen LogP contribution in [0.1, 0.15) is 52.4 Å². The third kappa shape index (κ3) is 4.65. The fourth-order valence-corrected chi connectivity index (χ4v) is 1.78. The maximum atomic E-state index is 11.2. The molecule has 0 aromatic carbocycles. The molecule has 0 spiro atoms. The molecule has 0 amide bonds. The van der Waals surface area contributed by atoms with Crippen LogP contribution >= 0.6 is 0 Å². The van der Waals surface area contributed by atoms with Gasteiger partial charge in [0.1, 0.15) is 6.61 Å². The summed E-state index contributed by atoms with van der Waals surface area (Å²) in [7, 11) is 0. The Bertz CT molecular complexity index is 191. The first kappa shape index (κ1) is 12.5. The van der Waals surface area contributed by atoms with Crippen molar-refractivity contribution in [2.24, 2.45) is 0 Å². The van der Waals surface area contributed by atoms with Gasteiger partial charge >= 0.3 is 5.97 Å². The molecular weight excluding hydrogens is 192 g/mol. The molecule has 1 rings (SSSR count). The van der Waals surface area contributed by atoms with Crippen molar-refractivity contribution < 1.29 is 14.3 Å². The average molecular weight is 214 g/mol. The van der Waals surface area contributed by atoms with Gasteiger partial charge in [-0.25, -0.2) is 0 Å². The van der Waals surface area contributed by atoms with Gasteiger partial charge in [0.15, 0.2) is 0 Å². The van der Waals surface area contributed by atoms with Crippen LogP contribution in [0, 0.1) is 0 Å². The van der Waals surface area contributed by atoms with Gasteiger partial charge in [0.25, 0.3) is 0 Å². The summed E-state index contributed by atoms with van der Waals surface area (Å²) in [4.78, 5) is 11.2. The van der Waals surface area contributed by atoms with Crippen LogP contribution in [0.2, 0.25) is 0 Å². The summed E-state index contributed by atoms with van der Waals surface area (Å²) in [5.41, 5.74) is 0. The highest BCUT2D eigenvalue weighted by molar-refractivity contribution is 5.69. The van der Waals surface area contributed by atoms with Crippen molar-refractivity contribution in [3.8, 4) is 0 Å². The number of hydrogen-bond donors (Lipinski definition) is 0. The van der Waals surface area contributed by atoms with Crippen LogP contribution in [0.3, 0.4) is 0 Å². The summed E-state index contributed by atoms with van der Waals surface area (Å²) in [5.74, 6) is -0.0830. The standard InChI is InChI=1S/C12H22O3/c1-3-5-6-12(13)14-9-11-8-7-10(4-2)15-11/h10-11H,3-9H2,1-2H3/t10-,11+/m1/s1. The predicted molar refractivity (Wildman–Crippen MR) is 58.7 cm³/mol. The lowest BCUT2D eigenvalue weighted by atomic mass is 10.2. The normalized spacial score (nSPS) is 25.5. The number of carbonyl (C=O) groups excluding carboxylic acids is 1. The SMILES string of the molecule is CCCCC(=O)OC[C@@H]1CC[C@@H](CC)O1. The largest absolute Gasteiger partial charge is 0.463 e. The lowest BCUT2D eigenvalue weighted by Gasteiger charge is -2.12. The van der Waals surface area contributed by atoms with Crippen molar-refractivity contribution in [2.45, 2.75) is 64.6 Å². The first-order valence-electron chi connectivity index (χ1n) is 6.07. The van der Waals surface area contributed by atoms with Gasteiger partial charge in [0.05, 0.1) is 12.2 Å². The van der Waals surface area contributed by atoms with Crippen molar-refractivity contribution in [2.75, 3.05) is 6.61 Å². The fourth-order valence-electron chi connectivity index (χ4n) is 1.78. The molecule has 1 heterocycles. The second-order valence-electron chi connectivity index (χ2n) is 4.15. The molecule has 1 aliphatic heterocycles. The summed E-state index contributed by atoms with van der Waals surface area (Å²) >= 11 is 0. The van der Waals surface area contributed by atoms with Gasteiger partial charge in [-0.1, -0.05) is 20.3 Å². The summed E-state index contributed by atoms with van der Waals surface area (Å²) in [6, 6.07) is 0. The number of unbranched alkanes of at least 4 members (excludes halogenated alkanes) is 1. The Kier molecular flexibility index (Phi) is 5.69. The molecule has 0 saturated carbocycles. The molecule has 0 unspecified atom stereocenters. The van der Waals surface area contributed by atoms with Crippen molar-refractivity contribution in [3.05, 3.63) is 0 Å². The van der Waals surface area contributed by atoms with Crippen LogP contribution in [-0.4, -0.2) is 24.8 Å². The third-order valence-electron chi connectivity index (χ3n) is 2.82. The Morgan fingerprint density at radius 2 is 2.07 bits per heavy atom. The smallest absolute Gasteiger partial charge is 0.305 e. The highest BCUT2D eigenvalue weighted by atomic mass is 16.6. The van der Waals surface area contributed by atoms with Gasteiger partial charge < -0.3 is 9.47 Å². The molecule has 0 aliphatic carbocycles. The number of hydrogen-bond acceptors (Lipinski definition) is 3. The quantitative estimate of drug-likeness (QED) is 0.638. The molecule has 1 fully saturated rings. The van der Waals surface area contributed by atoms with Gasteiger partial charge in [-0.2, -0.15) is 0 Å². The van der Waals surface area contributed by atoms with Gasteiger partial charge in [0.2, 0.25) is 0 Å². The van der Waals surface area contributed by atoms with Gasteiger partial charge in [-0.3, -0.25) is 4.79 Å². The van der Waals surface area contributed by atoms with Gasteiger partial charge in [-0.05, 0) is 25.7 Å². The Hall–Kier alpha value is -0.570. The van der Waals surface area contributed by atoms with Crippen molar-refractivity contribution in [1.82, 2.24) is 0 Å². The third-order valence-corrected chi connectivity index (χ3v) is 2.82. The lowest BCUT2D eigenvalue weighted by Crippen LogP contribution is -2.19. The van der Waals surface area contributed by atoms with E-state index in [2.05, 4.69) is 13.8 Å². The van der Waals surface area contributed by atoms with Crippen molar-refractivity contribution >= 4 is 5.97 Å². The lowest BCUT2D eigenvalue weighted by molar-refractivity contribution is -0.147. The first-order valence-corrected chi connectivity index (χ1v) is 6.07. The Balaban J connectivity index is 2.07. The molecule has 88 valence electrons. The number of esters is 1. The average Bonchev–Trinajstić information content (AvgIpc) is 2.71. The summed E-state index contributed by atoms with van der Waals surface area (Å²) in [6.07, 6.45) is 6.20. The van der Waals surface area contributed by atoms with Crippen LogP contribution in [0.25, 0.3) is 0 Å². The predicted octanol–water partition coefficient (Wildman–Crippen LogP) is 2.68. The maximum Gasteiger partial charge on any atom is 0.305 e. The Labute approximate surface area is 92.1 Å². The molecule has 1 saturated heterocycles. The van der Waals surface area contributed by atoms with E-state index >= 15 is 0 Å². The van der Waals surface area contributed by atoms with Crippen LogP contribution in [0.15, 0.2) is 0 Å². The Morgan fingerprint density at radius 3 is 2.67 bits per heavy atom. The van der Waals surface area contributed by atoms with E-state index in [4.69, 9.17) is 9.47 Å². The highest BCUT2D eigenvalue weighted by Crippen LogP contribution is 2.21.